The number of rotatable bonds is 2. The van der Waals surface area contributed by atoms with E-state index in [0.29, 0.717) is 18.1 Å². The Morgan fingerprint density at radius 1 is 1.15 bits per heavy atom. The molecule has 4 rings (SSSR count). The first-order valence-corrected chi connectivity index (χ1v) is 8.83. The Balaban J connectivity index is 1.71. The average molecular weight is 352 g/mol. The van der Waals surface area contributed by atoms with Crippen molar-refractivity contribution in [2.45, 2.75) is 33.0 Å². The third-order valence-electron chi connectivity index (χ3n) is 4.87. The highest BCUT2D eigenvalue weighted by atomic mass is 16.5. The molecule has 2 aromatic heterocycles. The van der Waals surface area contributed by atoms with Gasteiger partial charge in [0.15, 0.2) is 5.65 Å². The van der Waals surface area contributed by atoms with Crippen LogP contribution in [0, 0.1) is 5.41 Å². The number of anilines is 2. The first-order chi connectivity index (χ1) is 12.4. The van der Waals surface area contributed by atoms with E-state index in [1.54, 1.807) is 10.7 Å². The Morgan fingerprint density at radius 2 is 1.92 bits per heavy atom. The smallest absolute Gasteiger partial charge is 0.209 e. The fraction of sp³-hybridized carbons (Fsp3) is 0.421. The Morgan fingerprint density at radius 3 is 2.65 bits per heavy atom. The Kier molecular flexibility index (Phi) is 4.03. The molecule has 1 fully saturated rings. The summed E-state index contributed by atoms with van der Waals surface area (Å²) in [5, 5.41) is 8.03. The maximum atomic E-state index is 6.46. The van der Waals surface area contributed by atoms with Gasteiger partial charge in [-0.1, -0.05) is 51.1 Å². The fourth-order valence-corrected chi connectivity index (χ4v) is 3.28. The van der Waals surface area contributed by atoms with Crippen molar-refractivity contribution in [2.24, 2.45) is 5.41 Å². The van der Waals surface area contributed by atoms with E-state index in [-0.39, 0.29) is 17.6 Å². The third kappa shape index (κ3) is 3.10. The van der Waals surface area contributed by atoms with Crippen molar-refractivity contribution in [3.63, 3.8) is 0 Å². The lowest BCUT2D eigenvalue weighted by Gasteiger charge is -2.44. The predicted molar refractivity (Wildman–Crippen MR) is 101 cm³/mol. The summed E-state index contributed by atoms with van der Waals surface area (Å²) in [5.41, 5.74) is 7.96. The van der Waals surface area contributed by atoms with Crippen molar-refractivity contribution in [2.75, 3.05) is 23.7 Å². The number of hydrogen-bond donors (Lipinski definition) is 1. The molecule has 7 heteroatoms. The van der Waals surface area contributed by atoms with Gasteiger partial charge in [-0.25, -0.2) is 0 Å². The molecule has 0 bridgehead atoms. The summed E-state index contributed by atoms with van der Waals surface area (Å²) < 4.78 is 8.14. The molecule has 7 nitrogen and oxygen atoms in total. The second kappa shape index (κ2) is 6.25. The molecule has 0 aliphatic carbocycles. The van der Waals surface area contributed by atoms with Gasteiger partial charge in [0.05, 0.1) is 6.10 Å². The molecule has 26 heavy (non-hydrogen) atoms. The Hall–Kier alpha value is -2.67. The number of morpholine rings is 1. The van der Waals surface area contributed by atoms with E-state index in [0.717, 1.165) is 12.4 Å². The van der Waals surface area contributed by atoms with Crippen LogP contribution in [0.25, 0.3) is 5.65 Å². The van der Waals surface area contributed by atoms with Gasteiger partial charge < -0.3 is 15.4 Å². The van der Waals surface area contributed by atoms with Gasteiger partial charge in [0.1, 0.15) is 18.2 Å². The summed E-state index contributed by atoms with van der Waals surface area (Å²) in [6, 6.07) is 12.3. The summed E-state index contributed by atoms with van der Waals surface area (Å²) >= 11 is 0. The van der Waals surface area contributed by atoms with Crippen LogP contribution in [0.3, 0.4) is 0 Å². The van der Waals surface area contributed by atoms with Crippen LogP contribution in [0.15, 0.2) is 42.7 Å². The summed E-state index contributed by atoms with van der Waals surface area (Å²) in [6.45, 7) is 8.07. The molecule has 2 atom stereocenters. The van der Waals surface area contributed by atoms with Crippen LogP contribution in [0.2, 0.25) is 0 Å². The second-order valence-corrected chi connectivity index (χ2v) is 7.83. The summed E-state index contributed by atoms with van der Waals surface area (Å²) in [5.74, 6) is 1.19. The Labute approximate surface area is 152 Å². The molecule has 1 aliphatic heterocycles. The molecule has 0 saturated carbocycles. The first kappa shape index (κ1) is 16.8. The molecule has 136 valence electrons. The molecule has 0 radical (unpaired) electrons. The maximum absolute atomic E-state index is 6.46. The van der Waals surface area contributed by atoms with Crippen molar-refractivity contribution in [1.82, 2.24) is 19.6 Å². The minimum Gasteiger partial charge on any atom is -0.369 e. The van der Waals surface area contributed by atoms with E-state index < -0.39 is 0 Å². The van der Waals surface area contributed by atoms with Gasteiger partial charge in [-0.2, -0.15) is 4.98 Å². The largest absolute Gasteiger partial charge is 0.369 e. The summed E-state index contributed by atoms with van der Waals surface area (Å²) in [6.07, 6.45) is 1.62. The quantitative estimate of drug-likeness (QED) is 0.764. The molecule has 1 saturated heterocycles. The van der Waals surface area contributed by atoms with Crippen molar-refractivity contribution in [3.05, 3.63) is 48.3 Å². The normalized spacial score (nSPS) is 21.3. The topological polar surface area (TPSA) is 81.6 Å². The van der Waals surface area contributed by atoms with E-state index in [4.69, 9.17) is 10.5 Å². The molecule has 2 N–H and O–H groups in total. The lowest BCUT2D eigenvalue weighted by atomic mass is 9.87. The van der Waals surface area contributed by atoms with Crippen LogP contribution in [0.1, 0.15) is 32.4 Å². The highest BCUT2D eigenvalue weighted by molar-refractivity contribution is 5.55. The molecule has 1 aliphatic rings. The van der Waals surface area contributed by atoms with Gasteiger partial charge in [0.25, 0.3) is 0 Å². The fourth-order valence-electron chi connectivity index (χ4n) is 3.28. The minimum atomic E-state index is -0.0219. The van der Waals surface area contributed by atoms with Crippen LogP contribution in [0.5, 0.6) is 0 Å². The van der Waals surface area contributed by atoms with Crippen LogP contribution >= 0.6 is 0 Å². The zero-order chi connectivity index (χ0) is 18.3. The lowest BCUT2D eigenvalue weighted by molar-refractivity contribution is -0.0792. The van der Waals surface area contributed by atoms with E-state index in [2.05, 4.69) is 53.0 Å². The maximum Gasteiger partial charge on any atom is 0.209 e. The number of nitrogens with zero attached hydrogens (tertiary/aromatic N) is 5. The summed E-state index contributed by atoms with van der Waals surface area (Å²) in [4.78, 5) is 6.81. The Bertz CT molecular complexity index is 901. The third-order valence-corrected chi connectivity index (χ3v) is 4.87. The second-order valence-electron chi connectivity index (χ2n) is 7.83. The zero-order valence-electron chi connectivity index (χ0n) is 15.3. The average Bonchev–Trinajstić information content (AvgIpc) is 3.10. The number of hydrogen-bond acceptors (Lipinski definition) is 6. The molecule has 0 spiro atoms. The highest BCUT2D eigenvalue weighted by Crippen LogP contribution is 2.35. The number of benzene rings is 1. The lowest BCUT2D eigenvalue weighted by Crippen LogP contribution is -2.49. The molecule has 0 unspecified atom stereocenters. The number of aromatic nitrogens is 4. The number of fused-ring (bicyclic) bond motifs is 1. The first-order valence-electron chi connectivity index (χ1n) is 8.83. The van der Waals surface area contributed by atoms with Crippen LogP contribution in [-0.4, -0.2) is 38.8 Å². The molecule has 3 heterocycles. The summed E-state index contributed by atoms with van der Waals surface area (Å²) in [7, 11) is 0. The van der Waals surface area contributed by atoms with Gasteiger partial charge in [0.2, 0.25) is 5.95 Å². The van der Waals surface area contributed by atoms with Gasteiger partial charge in [0, 0.05) is 19.2 Å². The van der Waals surface area contributed by atoms with Crippen molar-refractivity contribution >= 4 is 17.4 Å². The number of nitrogen functional groups attached to an aromatic ring is 1. The zero-order valence-corrected chi connectivity index (χ0v) is 15.3. The van der Waals surface area contributed by atoms with E-state index in [1.165, 1.54) is 5.56 Å². The van der Waals surface area contributed by atoms with Gasteiger partial charge >= 0.3 is 0 Å². The van der Waals surface area contributed by atoms with E-state index >= 15 is 0 Å². The molecule has 0 amide bonds. The number of ether oxygens (including phenoxy) is 1. The van der Waals surface area contributed by atoms with Crippen molar-refractivity contribution in [3.8, 4) is 0 Å². The minimum absolute atomic E-state index is 0.0101. The van der Waals surface area contributed by atoms with Crippen LogP contribution in [0.4, 0.5) is 11.8 Å². The molecule has 3 aromatic rings. The van der Waals surface area contributed by atoms with Gasteiger partial charge in [-0.15, -0.1) is 10.2 Å². The van der Waals surface area contributed by atoms with E-state index in [1.807, 2.05) is 24.3 Å². The molecule has 1 aromatic carbocycles. The van der Waals surface area contributed by atoms with Crippen molar-refractivity contribution < 1.29 is 4.74 Å². The number of nitrogens with two attached hydrogens (primary N) is 1. The van der Waals surface area contributed by atoms with Crippen LogP contribution < -0.4 is 10.6 Å². The van der Waals surface area contributed by atoms with Crippen LogP contribution in [-0.2, 0) is 4.74 Å². The standard InChI is InChI=1S/C19H24N6O/c1-19(2,3)15-11-24(10-14(26-15)13-7-5-4-6-8-13)16-9-17-23-21-12-25(17)18(20)22-16/h4-9,12,14-15H,10-11H2,1-3H3,(H2,20,22)/t14-,15+/m0/s1. The van der Waals surface area contributed by atoms with Crippen molar-refractivity contribution in [1.29, 1.82) is 0 Å². The molecular weight excluding hydrogens is 328 g/mol. The van der Waals surface area contributed by atoms with Gasteiger partial charge in [-0.3, -0.25) is 4.40 Å². The van der Waals surface area contributed by atoms with E-state index in [9.17, 15) is 0 Å². The SMILES string of the molecule is CC(C)(C)[C@H]1CN(c2cc3nncn3c(N)n2)C[C@@H](c2ccccc2)O1. The molecular formula is C19H24N6O. The van der Waals surface area contributed by atoms with Gasteiger partial charge in [-0.05, 0) is 11.0 Å². The highest BCUT2D eigenvalue weighted by Gasteiger charge is 2.36. The monoisotopic (exact) mass is 352 g/mol. The predicted octanol–water partition coefficient (Wildman–Crippen LogP) is 2.70.